The third kappa shape index (κ3) is 3.79. The smallest absolute Gasteiger partial charge is 0.0648 e. The maximum atomic E-state index is 6.18. The fourth-order valence-corrected chi connectivity index (χ4v) is 2.74. The normalized spacial score (nSPS) is 12.3. The molecule has 0 aromatic heterocycles. The molecule has 0 spiro atoms. The van der Waals surface area contributed by atoms with Gasteiger partial charge in [0.05, 0.1) is 20.8 Å². The predicted molar refractivity (Wildman–Crippen MR) is 87.7 cm³/mol. The molecular weight excluding hydrogens is 368 g/mol. The average Bonchev–Trinajstić information content (AvgIpc) is 2.36. The zero-order chi connectivity index (χ0) is 14.0. The number of halogens is 4. The van der Waals surface area contributed by atoms with Crippen LogP contribution in [0.25, 0.3) is 0 Å². The Morgan fingerprint density at radius 1 is 0.947 bits per heavy atom. The molecule has 5 heteroatoms. The molecule has 0 saturated heterocycles. The van der Waals surface area contributed by atoms with Gasteiger partial charge in [-0.3, -0.25) is 0 Å². The van der Waals surface area contributed by atoms with Gasteiger partial charge in [-0.1, -0.05) is 56.8 Å². The molecule has 2 aromatic rings. The molecule has 1 nitrogen and oxygen atoms in total. The maximum Gasteiger partial charge on any atom is 0.0648 e. The molecule has 0 fully saturated rings. The van der Waals surface area contributed by atoms with Crippen LogP contribution in [0.5, 0.6) is 0 Å². The van der Waals surface area contributed by atoms with E-state index in [0.29, 0.717) is 15.1 Å². The van der Waals surface area contributed by atoms with Crippen molar-refractivity contribution in [2.75, 3.05) is 5.32 Å². The van der Waals surface area contributed by atoms with Crippen molar-refractivity contribution in [1.29, 1.82) is 0 Å². The van der Waals surface area contributed by atoms with Crippen molar-refractivity contribution in [1.82, 2.24) is 0 Å². The van der Waals surface area contributed by atoms with Gasteiger partial charge in [0, 0.05) is 10.5 Å². The first-order chi connectivity index (χ1) is 8.97. The highest BCUT2D eigenvalue weighted by atomic mass is 79.9. The highest BCUT2D eigenvalue weighted by molar-refractivity contribution is 9.10. The van der Waals surface area contributed by atoms with E-state index >= 15 is 0 Å². The molecule has 0 aliphatic rings. The number of nitrogens with one attached hydrogen (secondary N) is 1. The highest BCUT2D eigenvalue weighted by Gasteiger charge is 2.09. The second-order valence-corrected chi connectivity index (χ2v) is 6.30. The first kappa shape index (κ1) is 15.0. The molecule has 2 rings (SSSR count). The number of hydrogen-bond donors (Lipinski definition) is 1. The van der Waals surface area contributed by atoms with Gasteiger partial charge in [0.25, 0.3) is 0 Å². The fraction of sp³-hybridized carbons (Fsp3) is 0.143. The summed E-state index contributed by atoms with van der Waals surface area (Å²) in [7, 11) is 0. The molecule has 2 aromatic carbocycles. The summed E-state index contributed by atoms with van der Waals surface area (Å²) in [6.45, 7) is 2.04. The van der Waals surface area contributed by atoms with E-state index < -0.39 is 0 Å². The quantitative estimate of drug-likeness (QED) is 0.635. The van der Waals surface area contributed by atoms with E-state index in [0.717, 1.165) is 15.7 Å². The van der Waals surface area contributed by atoms with Crippen molar-refractivity contribution in [3.8, 4) is 0 Å². The van der Waals surface area contributed by atoms with Crippen LogP contribution in [0.1, 0.15) is 18.5 Å². The zero-order valence-corrected chi connectivity index (χ0v) is 13.9. The van der Waals surface area contributed by atoms with Gasteiger partial charge in [0.2, 0.25) is 0 Å². The van der Waals surface area contributed by atoms with Gasteiger partial charge >= 0.3 is 0 Å². The SMILES string of the molecule is CC(Nc1ccc(Br)cc1Cl)c1ccc(Cl)c(Cl)c1. The van der Waals surface area contributed by atoms with Crippen LogP contribution in [0.15, 0.2) is 40.9 Å². The van der Waals surface area contributed by atoms with Gasteiger partial charge in [-0.05, 0) is 42.8 Å². The average molecular weight is 380 g/mol. The van der Waals surface area contributed by atoms with E-state index in [4.69, 9.17) is 34.8 Å². The second-order valence-electron chi connectivity index (χ2n) is 4.16. The van der Waals surface area contributed by atoms with Crippen LogP contribution < -0.4 is 5.32 Å². The molecular formula is C14H11BrCl3N. The van der Waals surface area contributed by atoms with Crippen LogP contribution in [-0.2, 0) is 0 Å². The summed E-state index contributed by atoms with van der Waals surface area (Å²) >= 11 is 21.5. The molecule has 1 atom stereocenters. The first-order valence-electron chi connectivity index (χ1n) is 5.64. The summed E-state index contributed by atoms with van der Waals surface area (Å²) in [6, 6.07) is 11.4. The van der Waals surface area contributed by atoms with Crippen molar-refractivity contribution >= 4 is 56.4 Å². The number of benzene rings is 2. The topological polar surface area (TPSA) is 12.0 Å². The Bertz CT molecular complexity index is 601. The summed E-state index contributed by atoms with van der Waals surface area (Å²) in [6.07, 6.45) is 0. The van der Waals surface area contributed by atoms with E-state index in [2.05, 4.69) is 21.2 Å². The monoisotopic (exact) mass is 377 g/mol. The Morgan fingerprint density at radius 3 is 2.32 bits per heavy atom. The van der Waals surface area contributed by atoms with Crippen LogP contribution in [0.3, 0.4) is 0 Å². The minimum atomic E-state index is 0.0773. The van der Waals surface area contributed by atoms with E-state index in [9.17, 15) is 0 Å². The zero-order valence-electron chi connectivity index (χ0n) is 10.1. The number of rotatable bonds is 3. The standard InChI is InChI=1S/C14H11BrCl3N/c1-8(9-2-4-11(16)12(17)6-9)19-14-5-3-10(15)7-13(14)18/h2-8,19H,1H3. The molecule has 0 amide bonds. The van der Waals surface area contributed by atoms with Crippen molar-refractivity contribution < 1.29 is 0 Å². The van der Waals surface area contributed by atoms with Crippen molar-refractivity contribution in [2.45, 2.75) is 13.0 Å². The molecule has 0 saturated carbocycles. The Balaban J connectivity index is 2.20. The van der Waals surface area contributed by atoms with Crippen molar-refractivity contribution in [3.05, 3.63) is 61.5 Å². The van der Waals surface area contributed by atoms with Crippen LogP contribution in [0, 0.1) is 0 Å². The van der Waals surface area contributed by atoms with Crippen LogP contribution in [0.2, 0.25) is 15.1 Å². The fourth-order valence-electron chi connectivity index (χ4n) is 1.70. The highest BCUT2D eigenvalue weighted by Crippen LogP contribution is 2.31. The number of hydrogen-bond acceptors (Lipinski definition) is 1. The van der Waals surface area contributed by atoms with E-state index in [-0.39, 0.29) is 6.04 Å². The number of anilines is 1. The summed E-state index contributed by atoms with van der Waals surface area (Å²) in [5.41, 5.74) is 1.93. The van der Waals surface area contributed by atoms with E-state index in [1.807, 2.05) is 37.3 Å². The van der Waals surface area contributed by atoms with Gasteiger partial charge in [-0.15, -0.1) is 0 Å². The van der Waals surface area contributed by atoms with Gasteiger partial charge in [0.1, 0.15) is 0 Å². The Morgan fingerprint density at radius 2 is 1.68 bits per heavy atom. The molecule has 1 unspecified atom stereocenters. The Kier molecular flexibility index (Phi) is 5.02. The lowest BCUT2D eigenvalue weighted by Gasteiger charge is -2.17. The van der Waals surface area contributed by atoms with Crippen LogP contribution in [0.4, 0.5) is 5.69 Å². The predicted octanol–water partition coefficient (Wildman–Crippen LogP) is 6.58. The summed E-state index contributed by atoms with van der Waals surface area (Å²) in [5.74, 6) is 0. The third-order valence-corrected chi connectivity index (χ3v) is 4.29. The van der Waals surface area contributed by atoms with Crippen LogP contribution in [-0.4, -0.2) is 0 Å². The molecule has 0 heterocycles. The van der Waals surface area contributed by atoms with Crippen LogP contribution >= 0.6 is 50.7 Å². The van der Waals surface area contributed by atoms with Gasteiger partial charge < -0.3 is 5.32 Å². The minimum absolute atomic E-state index is 0.0773. The largest absolute Gasteiger partial charge is 0.377 e. The van der Waals surface area contributed by atoms with Crippen molar-refractivity contribution in [2.24, 2.45) is 0 Å². The van der Waals surface area contributed by atoms with Crippen molar-refractivity contribution in [3.63, 3.8) is 0 Å². The first-order valence-corrected chi connectivity index (χ1v) is 7.56. The van der Waals surface area contributed by atoms with E-state index in [1.165, 1.54) is 0 Å². The summed E-state index contributed by atoms with van der Waals surface area (Å²) in [4.78, 5) is 0. The minimum Gasteiger partial charge on any atom is -0.377 e. The summed E-state index contributed by atoms with van der Waals surface area (Å²) in [5, 5.41) is 5.12. The molecule has 0 radical (unpaired) electrons. The van der Waals surface area contributed by atoms with E-state index in [1.54, 1.807) is 6.07 Å². The second kappa shape index (κ2) is 6.36. The molecule has 100 valence electrons. The lowest BCUT2D eigenvalue weighted by molar-refractivity contribution is 0.885. The molecule has 0 bridgehead atoms. The van der Waals surface area contributed by atoms with Gasteiger partial charge in [-0.2, -0.15) is 0 Å². The summed E-state index contributed by atoms with van der Waals surface area (Å²) < 4.78 is 0.949. The Labute approximate surface area is 136 Å². The molecule has 0 aliphatic carbocycles. The molecule has 0 aliphatic heterocycles. The molecule has 19 heavy (non-hydrogen) atoms. The maximum absolute atomic E-state index is 6.18. The molecule has 1 N–H and O–H groups in total. The Hall–Kier alpha value is -0.410. The van der Waals surface area contributed by atoms with Gasteiger partial charge in [0.15, 0.2) is 0 Å². The lowest BCUT2D eigenvalue weighted by atomic mass is 10.1. The lowest BCUT2D eigenvalue weighted by Crippen LogP contribution is -2.06. The third-order valence-electron chi connectivity index (χ3n) is 2.75. The van der Waals surface area contributed by atoms with Gasteiger partial charge in [-0.25, -0.2) is 0 Å².